The van der Waals surface area contributed by atoms with Crippen LogP contribution in [-0.2, 0) is 11.4 Å². The van der Waals surface area contributed by atoms with Gasteiger partial charge in [-0.25, -0.2) is 4.98 Å². The molecule has 2 N–H and O–H groups in total. The van der Waals surface area contributed by atoms with Gasteiger partial charge >= 0.3 is 0 Å². The number of rotatable bonds is 8. The quantitative estimate of drug-likeness (QED) is 0.308. The highest BCUT2D eigenvalue weighted by atomic mass is 32.2. The highest BCUT2D eigenvalue weighted by Crippen LogP contribution is 2.36. The predicted octanol–water partition coefficient (Wildman–Crippen LogP) is 4.93. The van der Waals surface area contributed by atoms with Crippen molar-refractivity contribution in [3.8, 4) is 34.7 Å². The van der Waals surface area contributed by atoms with E-state index < -0.39 is 17.3 Å². The lowest BCUT2D eigenvalue weighted by Crippen LogP contribution is -2.19. The zero-order valence-electron chi connectivity index (χ0n) is 21.2. The van der Waals surface area contributed by atoms with Crippen LogP contribution in [0.4, 0.5) is 5.69 Å². The smallest absolute Gasteiger partial charge is 0.261 e. The first-order valence-electron chi connectivity index (χ1n) is 11.5. The number of nitrogens with one attached hydrogen (secondary N) is 2. The summed E-state index contributed by atoms with van der Waals surface area (Å²) >= 11 is -1.42. The number of ether oxygens (including phenoxy) is 2. The first-order valence-corrected chi connectivity index (χ1v) is 12.7. The van der Waals surface area contributed by atoms with Crippen molar-refractivity contribution in [1.82, 2.24) is 14.7 Å². The van der Waals surface area contributed by atoms with E-state index in [2.05, 4.69) is 26.1 Å². The summed E-state index contributed by atoms with van der Waals surface area (Å²) in [6.45, 7) is 3.74. The van der Waals surface area contributed by atoms with Gasteiger partial charge in [0.1, 0.15) is 5.56 Å². The SMILES string of the molecule is CN[S+]([O-])c1cccc(NC(=O)c2c(Oc3ccc(C#N)cc3OC)ncc(-c3ccc(C)cn3)c2C)c1. The number of anilines is 1. The molecular formula is C28H25N5O4S. The van der Waals surface area contributed by atoms with Crippen LogP contribution in [0.3, 0.4) is 0 Å². The molecule has 1 atom stereocenters. The second-order valence-electron chi connectivity index (χ2n) is 8.23. The topological polar surface area (TPSA) is 132 Å². The number of amides is 1. The first kappa shape index (κ1) is 26.6. The van der Waals surface area contributed by atoms with Gasteiger partial charge in [0.15, 0.2) is 16.4 Å². The third-order valence-electron chi connectivity index (χ3n) is 5.71. The molecule has 2 aromatic carbocycles. The highest BCUT2D eigenvalue weighted by molar-refractivity contribution is 7.89. The van der Waals surface area contributed by atoms with E-state index in [1.54, 1.807) is 68.8 Å². The molecule has 4 aromatic rings. The fourth-order valence-corrected chi connectivity index (χ4v) is 4.41. The van der Waals surface area contributed by atoms with Gasteiger partial charge in [-0.05, 0) is 55.3 Å². The summed E-state index contributed by atoms with van der Waals surface area (Å²) in [7, 11) is 3.05. The van der Waals surface area contributed by atoms with Crippen LogP contribution < -0.4 is 19.5 Å². The molecule has 38 heavy (non-hydrogen) atoms. The number of aromatic nitrogens is 2. The van der Waals surface area contributed by atoms with Gasteiger partial charge in [-0.2, -0.15) is 5.26 Å². The molecule has 0 saturated carbocycles. The summed E-state index contributed by atoms with van der Waals surface area (Å²) in [6.07, 6.45) is 3.35. The summed E-state index contributed by atoms with van der Waals surface area (Å²) in [5.74, 6) is 0.189. The van der Waals surface area contributed by atoms with Crippen molar-refractivity contribution in [2.75, 3.05) is 19.5 Å². The zero-order valence-corrected chi connectivity index (χ0v) is 22.1. The molecule has 0 aliphatic heterocycles. The van der Waals surface area contributed by atoms with Crippen molar-refractivity contribution in [1.29, 1.82) is 5.26 Å². The fraction of sp³-hybridized carbons (Fsp3) is 0.143. The van der Waals surface area contributed by atoms with Gasteiger partial charge in [0, 0.05) is 42.8 Å². The van der Waals surface area contributed by atoms with E-state index in [-0.39, 0.29) is 11.4 Å². The maximum absolute atomic E-state index is 13.7. The fourth-order valence-electron chi connectivity index (χ4n) is 3.74. The second kappa shape index (κ2) is 11.7. The largest absolute Gasteiger partial charge is 0.593 e. The second-order valence-corrected chi connectivity index (χ2v) is 9.65. The molecule has 0 bridgehead atoms. The lowest BCUT2D eigenvalue weighted by Gasteiger charge is -2.17. The molecule has 10 heteroatoms. The molecule has 192 valence electrons. The Kier molecular flexibility index (Phi) is 8.23. The number of nitrogens with zero attached hydrogens (tertiary/aromatic N) is 3. The number of carbonyl (C=O) groups excluding carboxylic acids is 1. The van der Waals surface area contributed by atoms with E-state index in [0.717, 1.165) is 5.56 Å². The molecule has 0 saturated heterocycles. The van der Waals surface area contributed by atoms with Crippen molar-refractivity contribution >= 4 is 23.0 Å². The Morgan fingerprint density at radius 2 is 1.87 bits per heavy atom. The minimum Gasteiger partial charge on any atom is -0.593 e. The van der Waals surface area contributed by atoms with Crippen LogP contribution in [0.1, 0.15) is 27.0 Å². The number of nitriles is 1. The molecule has 0 spiro atoms. The molecule has 2 heterocycles. The number of pyridine rings is 2. The van der Waals surface area contributed by atoms with Crippen LogP contribution >= 0.6 is 0 Å². The van der Waals surface area contributed by atoms with Crippen LogP contribution in [-0.4, -0.2) is 34.6 Å². The van der Waals surface area contributed by atoms with Gasteiger partial charge in [0.2, 0.25) is 5.88 Å². The van der Waals surface area contributed by atoms with E-state index in [4.69, 9.17) is 9.47 Å². The molecule has 0 aliphatic rings. The van der Waals surface area contributed by atoms with Crippen molar-refractivity contribution in [2.45, 2.75) is 18.7 Å². The van der Waals surface area contributed by atoms with E-state index in [9.17, 15) is 14.6 Å². The minimum atomic E-state index is -1.42. The molecule has 0 radical (unpaired) electrons. The van der Waals surface area contributed by atoms with Gasteiger partial charge in [-0.1, -0.05) is 12.1 Å². The summed E-state index contributed by atoms with van der Waals surface area (Å²) in [5, 5.41) is 12.1. The molecule has 0 aliphatic carbocycles. The van der Waals surface area contributed by atoms with Crippen molar-refractivity contribution in [2.24, 2.45) is 0 Å². The number of benzene rings is 2. The van der Waals surface area contributed by atoms with Crippen LogP contribution in [0, 0.1) is 25.2 Å². The number of hydrogen-bond acceptors (Lipinski definition) is 8. The Morgan fingerprint density at radius 1 is 1.05 bits per heavy atom. The third-order valence-corrected chi connectivity index (χ3v) is 6.76. The third kappa shape index (κ3) is 5.76. The molecule has 9 nitrogen and oxygen atoms in total. The molecule has 2 aromatic heterocycles. The maximum atomic E-state index is 13.7. The summed E-state index contributed by atoms with van der Waals surface area (Å²) in [4.78, 5) is 23.1. The lowest BCUT2D eigenvalue weighted by molar-refractivity contribution is 0.102. The van der Waals surface area contributed by atoms with Crippen molar-refractivity contribution < 1.29 is 18.8 Å². The first-order chi connectivity index (χ1) is 18.3. The summed E-state index contributed by atoms with van der Waals surface area (Å²) < 4.78 is 26.3. The molecule has 4 rings (SSSR count). The van der Waals surface area contributed by atoms with Gasteiger partial charge in [-0.15, -0.1) is 4.72 Å². The average Bonchev–Trinajstić information content (AvgIpc) is 2.93. The Balaban J connectivity index is 1.79. The van der Waals surface area contributed by atoms with Crippen LogP contribution in [0.5, 0.6) is 17.4 Å². The number of carbonyl (C=O) groups is 1. The van der Waals surface area contributed by atoms with E-state index in [1.165, 1.54) is 7.11 Å². The summed E-state index contributed by atoms with van der Waals surface area (Å²) in [5.41, 5.74) is 3.97. The van der Waals surface area contributed by atoms with Gasteiger partial charge in [0.05, 0.1) is 35.8 Å². The Hall–Kier alpha value is -4.43. The normalized spacial score (nSPS) is 11.4. The summed E-state index contributed by atoms with van der Waals surface area (Å²) in [6, 6.07) is 17.3. The van der Waals surface area contributed by atoms with E-state index >= 15 is 0 Å². The Labute approximate surface area is 223 Å². The van der Waals surface area contributed by atoms with Crippen LogP contribution in [0.15, 0.2) is 71.9 Å². The average molecular weight is 528 g/mol. The monoisotopic (exact) mass is 527 g/mol. The maximum Gasteiger partial charge on any atom is 0.261 e. The number of aryl methyl sites for hydroxylation is 1. The molecule has 1 unspecified atom stereocenters. The van der Waals surface area contributed by atoms with Gasteiger partial charge in [0.25, 0.3) is 5.91 Å². The zero-order chi connectivity index (χ0) is 27.2. The van der Waals surface area contributed by atoms with Crippen LogP contribution in [0.25, 0.3) is 11.3 Å². The van der Waals surface area contributed by atoms with Crippen molar-refractivity contribution in [3.05, 3.63) is 89.2 Å². The Morgan fingerprint density at radius 3 is 2.55 bits per heavy atom. The van der Waals surface area contributed by atoms with E-state index in [0.29, 0.717) is 44.5 Å². The number of methoxy groups -OCH3 is 1. The number of hydrogen-bond donors (Lipinski definition) is 2. The van der Waals surface area contributed by atoms with Crippen molar-refractivity contribution in [3.63, 3.8) is 0 Å². The minimum absolute atomic E-state index is 0.0498. The van der Waals surface area contributed by atoms with E-state index in [1.807, 2.05) is 19.1 Å². The molecule has 1 amide bonds. The lowest BCUT2D eigenvalue weighted by atomic mass is 10.0. The Bertz CT molecular complexity index is 1520. The highest BCUT2D eigenvalue weighted by Gasteiger charge is 2.23. The molecular weight excluding hydrogens is 502 g/mol. The molecule has 0 fully saturated rings. The van der Waals surface area contributed by atoms with Gasteiger partial charge < -0.3 is 19.3 Å². The van der Waals surface area contributed by atoms with Crippen LogP contribution in [0.2, 0.25) is 0 Å². The van der Waals surface area contributed by atoms with Gasteiger partial charge in [-0.3, -0.25) is 9.78 Å². The predicted molar refractivity (Wildman–Crippen MR) is 145 cm³/mol. The standard InChI is InChI=1S/C28H25N5O4S/c1-17-8-10-23(31-15-17)22-16-32-28(37-24-11-9-19(14-29)12-25(24)36-4)26(18(22)2)27(34)33-20-6-5-7-21(13-20)38(35)30-3/h5-13,15-16,30H,1-4H3,(H,33,34).